The van der Waals surface area contributed by atoms with Crippen LogP contribution in [-0.2, 0) is 4.79 Å². The van der Waals surface area contributed by atoms with Gasteiger partial charge in [0.1, 0.15) is 17.7 Å². The molecule has 5 atom stereocenters. The molecule has 3 unspecified atom stereocenters. The summed E-state index contributed by atoms with van der Waals surface area (Å²) in [6.07, 6.45) is -0.0708. The average Bonchev–Trinajstić information content (AvgIpc) is 3.26. The zero-order valence-electron chi connectivity index (χ0n) is 20.3. The summed E-state index contributed by atoms with van der Waals surface area (Å²) in [6, 6.07) is 11.4. The molecule has 1 aliphatic carbocycles. The molecule has 1 saturated heterocycles. The molecule has 0 saturated carbocycles. The number of rotatable bonds is 6. The van der Waals surface area contributed by atoms with Crippen LogP contribution in [0, 0.1) is 5.92 Å². The standard InChI is InChI=1S/C26H31N3O6/c1-32-15-6-7-16(20(12-15)34-3)22-23-17(27-25-24(22)26(31)29-28-25)9-14(10-18(23)30)13-5-8-19(33-2)21(11-13)35-4/h5-8,11-12,14,22,24-29,31H,9-10H2,1-4H3/t14-,22-,24?,25?,26?/m1/s1. The molecule has 5 rings (SSSR count). The largest absolute Gasteiger partial charge is 0.497 e. The minimum atomic E-state index is -0.838. The van der Waals surface area contributed by atoms with Crippen LogP contribution in [0.4, 0.5) is 0 Å². The van der Waals surface area contributed by atoms with Gasteiger partial charge in [-0.05, 0) is 36.1 Å². The first-order chi connectivity index (χ1) is 17.0. The van der Waals surface area contributed by atoms with E-state index < -0.39 is 6.23 Å². The Kier molecular flexibility index (Phi) is 6.31. The Hall–Kier alpha value is -3.27. The van der Waals surface area contributed by atoms with Gasteiger partial charge >= 0.3 is 0 Å². The molecular weight excluding hydrogens is 450 g/mol. The zero-order chi connectivity index (χ0) is 24.7. The Morgan fingerprint density at radius 1 is 0.857 bits per heavy atom. The molecule has 0 radical (unpaired) electrons. The van der Waals surface area contributed by atoms with Crippen molar-refractivity contribution in [1.29, 1.82) is 0 Å². The van der Waals surface area contributed by atoms with Crippen LogP contribution in [-0.4, -0.2) is 51.7 Å². The number of methoxy groups -OCH3 is 4. The van der Waals surface area contributed by atoms with E-state index in [-0.39, 0.29) is 29.7 Å². The van der Waals surface area contributed by atoms with E-state index in [0.717, 1.165) is 16.8 Å². The SMILES string of the molecule is COc1ccc([C@@H]2C3=C(C[C@@H](c4ccc(OC)c(OC)c4)CC3=O)NC3NNC(O)C32)c(OC)c1. The lowest BCUT2D eigenvalue weighted by Gasteiger charge is -2.42. The molecule has 2 aromatic rings. The van der Waals surface area contributed by atoms with Crippen molar-refractivity contribution >= 4 is 5.78 Å². The monoisotopic (exact) mass is 481 g/mol. The fourth-order valence-electron chi connectivity index (χ4n) is 5.65. The zero-order valence-corrected chi connectivity index (χ0v) is 20.3. The van der Waals surface area contributed by atoms with Crippen LogP contribution in [0.5, 0.6) is 23.0 Å². The molecule has 0 spiro atoms. The first-order valence-corrected chi connectivity index (χ1v) is 11.6. The smallest absolute Gasteiger partial charge is 0.161 e. The van der Waals surface area contributed by atoms with Gasteiger partial charge < -0.3 is 29.4 Å². The van der Waals surface area contributed by atoms with Crippen LogP contribution < -0.4 is 35.1 Å². The van der Waals surface area contributed by atoms with Crippen molar-refractivity contribution in [2.24, 2.45) is 5.92 Å². The summed E-state index contributed by atoms with van der Waals surface area (Å²) in [6.45, 7) is 0. The molecule has 3 aliphatic rings. The highest BCUT2D eigenvalue weighted by Crippen LogP contribution is 2.50. The molecule has 9 nitrogen and oxygen atoms in total. The summed E-state index contributed by atoms with van der Waals surface area (Å²) < 4.78 is 21.9. The maximum atomic E-state index is 13.7. The van der Waals surface area contributed by atoms with E-state index in [1.165, 1.54) is 0 Å². The Labute approximate surface area is 204 Å². The van der Waals surface area contributed by atoms with Crippen LogP contribution in [0.1, 0.15) is 35.8 Å². The van der Waals surface area contributed by atoms with E-state index in [9.17, 15) is 9.90 Å². The highest BCUT2D eigenvalue weighted by molar-refractivity contribution is 5.99. The normalized spacial score (nSPS) is 27.6. The summed E-state index contributed by atoms with van der Waals surface area (Å²) >= 11 is 0. The van der Waals surface area contributed by atoms with E-state index in [1.807, 2.05) is 36.4 Å². The highest BCUT2D eigenvalue weighted by atomic mass is 16.5. The van der Waals surface area contributed by atoms with Crippen molar-refractivity contribution < 1.29 is 28.8 Å². The first-order valence-electron chi connectivity index (χ1n) is 11.6. The molecule has 1 fully saturated rings. The Morgan fingerprint density at radius 2 is 1.63 bits per heavy atom. The number of carbonyl (C=O) groups is 1. The number of carbonyl (C=O) groups excluding carboxylic acids is 1. The van der Waals surface area contributed by atoms with Crippen LogP contribution in [0.2, 0.25) is 0 Å². The minimum absolute atomic E-state index is 0.0113. The number of Topliss-reactive ketones (excluding diaryl/α,β-unsaturated/α-hetero) is 1. The second kappa shape index (κ2) is 9.41. The molecule has 2 heterocycles. The third-order valence-electron chi connectivity index (χ3n) is 7.32. The first kappa shape index (κ1) is 23.5. The summed E-state index contributed by atoms with van der Waals surface area (Å²) in [4.78, 5) is 13.7. The van der Waals surface area contributed by atoms with Gasteiger partial charge in [0.2, 0.25) is 0 Å². The van der Waals surface area contributed by atoms with Crippen LogP contribution in [0.25, 0.3) is 0 Å². The lowest BCUT2D eigenvalue weighted by molar-refractivity contribution is -0.117. The van der Waals surface area contributed by atoms with Gasteiger partial charge in [-0.2, -0.15) is 0 Å². The average molecular weight is 482 g/mol. The molecular formula is C26H31N3O6. The second-order valence-electron chi connectivity index (χ2n) is 9.05. The number of hydrogen-bond acceptors (Lipinski definition) is 9. The van der Waals surface area contributed by atoms with E-state index in [4.69, 9.17) is 18.9 Å². The Morgan fingerprint density at radius 3 is 2.34 bits per heavy atom. The van der Waals surface area contributed by atoms with Gasteiger partial charge in [-0.3, -0.25) is 4.79 Å². The number of aliphatic hydroxyl groups excluding tert-OH is 1. The number of aliphatic hydroxyl groups is 1. The molecule has 4 N–H and O–H groups in total. The number of fused-ring (bicyclic) bond motifs is 1. The molecule has 2 aromatic carbocycles. The molecule has 35 heavy (non-hydrogen) atoms. The van der Waals surface area contributed by atoms with Gasteiger partial charge in [-0.15, -0.1) is 0 Å². The number of benzene rings is 2. The number of ketones is 1. The fourth-order valence-corrected chi connectivity index (χ4v) is 5.65. The maximum Gasteiger partial charge on any atom is 0.161 e. The number of allylic oxidation sites excluding steroid dienone is 2. The summed E-state index contributed by atoms with van der Waals surface area (Å²) in [7, 11) is 6.41. The molecule has 0 amide bonds. The van der Waals surface area contributed by atoms with Gasteiger partial charge in [-0.25, -0.2) is 10.9 Å². The fraction of sp³-hybridized carbons (Fsp3) is 0.423. The molecule has 0 bridgehead atoms. The number of hydrazine groups is 1. The lowest BCUT2D eigenvalue weighted by atomic mass is 9.68. The second-order valence-corrected chi connectivity index (χ2v) is 9.05. The maximum absolute atomic E-state index is 13.7. The van der Waals surface area contributed by atoms with E-state index in [0.29, 0.717) is 41.4 Å². The van der Waals surface area contributed by atoms with Gasteiger partial charge in [0.25, 0.3) is 0 Å². The van der Waals surface area contributed by atoms with Gasteiger partial charge in [0.05, 0.1) is 34.6 Å². The Bertz CT molecular complexity index is 1170. The quantitative estimate of drug-likeness (QED) is 0.493. The van der Waals surface area contributed by atoms with Gasteiger partial charge in [0, 0.05) is 41.2 Å². The summed E-state index contributed by atoms with van der Waals surface area (Å²) in [5.74, 6) is 1.96. The minimum Gasteiger partial charge on any atom is -0.497 e. The van der Waals surface area contributed by atoms with Crippen LogP contribution in [0.3, 0.4) is 0 Å². The topological polar surface area (TPSA) is 110 Å². The third kappa shape index (κ3) is 3.99. The number of nitrogens with one attached hydrogen (secondary N) is 3. The van der Waals surface area contributed by atoms with Crippen molar-refractivity contribution in [3.63, 3.8) is 0 Å². The highest BCUT2D eigenvalue weighted by Gasteiger charge is 2.50. The molecule has 2 aliphatic heterocycles. The summed E-state index contributed by atoms with van der Waals surface area (Å²) in [5, 5.41) is 14.3. The number of ether oxygens (including phenoxy) is 4. The van der Waals surface area contributed by atoms with Crippen LogP contribution in [0.15, 0.2) is 47.7 Å². The third-order valence-corrected chi connectivity index (χ3v) is 7.32. The number of hydrogen-bond donors (Lipinski definition) is 4. The molecule has 9 heteroatoms. The van der Waals surface area contributed by atoms with E-state index in [2.05, 4.69) is 16.2 Å². The Balaban J connectivity index is 1.57. The van der Waals surface area contributed by atoms with Gasteiger partial charge in [-0.1, -0.05) is 12.1 Å². The predicted octanol–water partition coefficient (Wildman–Crippen LogP) is 2.18. The molecule has 0 aromatic heterocycles. The molecule has 186 valence electrons. The van der Waals surface area contributed by atoms with E-state index in [1.54, 1.807) is 28.4 Å². The lowest BCUT2D eigenvalue weighted by Crippen LogP contribution is -2.51. The predicted molar refractivity (Wildman–Crippen MR) is 129 cm³/mol. The van der Waals surface area contributed by atoms with Crippen molar-refractivity contribution in [1.82, 2.24) is 16.2 Å². The van der Waals surface area contributed by atoms with Crippen molar-refractivity contribution in [2.45, 2.75) is 37.1 Å². The van der Waals surface area contributed by atoms with Crippen LogP contribution >= 0.6 is 0 Å². The summed E-state index contributed by atoms with van der Waals surface area (Å²) in [5.41, 5.74) is 9.52. The van der Waals surface area contributed by atoms with Crippen molar-refractivity contribution in [2.75, 3.05) is 28.4 Å². The van der Waals surface area contributed by atoms with Crippen molar-refractivity contribution in [3.05, 3.63) is 58.8 Å². The van der Waals surface area contributed by atoms with Gasteiger partial charge in [0.15, 0.2) is 17.3 Å². The van der Waals surface area contributed by atoms with E-state index >= 15 is 0 Å². The van der Waals surface area contributed by atoms with Crippen molar-refractivity contribution in [3.8, 4) is 23.0 Å².